The Morgan fingerprint density at radius 2 is 1.14 bits per heavy atom. The summed E-state index contributed by atoms with van der Waals surface area (Å²) < 4.78 is 23.2. The first-order valence-corrected chi connectivity index (χ1v) is 10.2. The number of rotatable bonds is 8. The van der Waals surface area contributed by atoms with Gasteiger partial charge in [-0.15, -0.1) is 0 Å². The zero-order valence-corrected chi connectivity index (χ0v) is 16.5. The third-order valence-electron chi connectivity index (χ3n) is 4.81. The Morgan fingerprint density at radius 3 is 1.57 bits per heavy atom. The molecule has 148 valence electrons. The Kier molecular flexibility index (Phi) is 5.65. The van der Waals surface area contributed by atoms with E-state index in [4.69, 9.17) is 18.9 Å². The van der Waals surface area contributed by atoms with Gasteiger partial charge in [-0.3, -0.25) is 0 Å². The first-order valence-electron chi connectivity index (χ1n) is 10.2. The van der Waals surface area contributed by atoms with Crippen LogP contribution in [0, 0.1) is 0 Å². The predicted octanol–water partition coefficient (Wildman–Crippen LogP) is 6.01. The third kappa shape index (κ3) is 3.77. The van der Waals surface area contributed by atoms with E-state index in [1.165, 1.54) is 0 Å². The van der Waals surface area contributed by atoms with Gasteiger partial charge in [-0.2, -0.15) is 9.98 Å². The van der Waals surface area contributed by atoms with E-state index in [0.29, 0.717) is 36.9 Å². The second kappa shape index (κ2) is 8.50. The number of ether oxygens (including phenoxy) is 4. The van der Waals surface area contributed by atoms with Crippen molar-refractivity contribution in [3.05, 3.63) is 24.3 Å². The molecule has 2 aliphatic heterocycles. The molecule has 2 aromatic rings. The second-order valence-electron chi connectivity index (χ2n) is 6.99. The predicted molar refractivity (Wildman–Crippen MR) is 110 cm³/mol. The lowest BCUT2D eigenvalue weighted by molar-refractivity contribution is 0.228. The van der Waals surface area contributed by atoms with Crippen molar-refractivity contribution in [2.75, 3.05) is 13.2 Å². The molecule has 2 aliphatic rings. The van der Waals surface area contributed by atoms with Crippen LogP contribution >= 0.6 is 0 Å². The number of nitrogens with zero attached hydrogens (tertiary/aromatic N) is 2. The van der Waals surface area contributed by atoms with E-state index in [1.54, 1.807) is 0 Å². The fourth-order valence-electron chi connectivity index (χ4n) is 3.33. The molecule has 28 heavy (non-hydrogen) atoms. The van der Waals surface area contributed by atoms with E-state index in [2.05, 4.69) is 23.8 Å². The Labute approximate surface area is 165 Å². The van der Waals surface area contributed by atoms with Crippen LogP contribution in [-0.2, 0) is 9.47 Å². The van der Waals surface area contributed by atoms with Crippen molar-refractivity contribution in [3.8, 4) is 11.5 Å². The number of aliphatic imine (C=N–C) groups is 2. The summed E-state index contributed by atoms with van der Waals surface area (Å²) in [4.78, 5) is 9.06. The van der Waals surface area contributed by atoms with Crippen molar-refractivity contribution in [2.45, 2.75) is 52.4 Å². The molecule has 2 heterocycles. The van der Waals surface area contributed by atoms with E-state index in [9.17, 15) is 0 Å². The van der Waals surface area contributed by atoms with Crippen LogP contribution in [0.5, 0.6) is 11.5 Å². The lowest BCUT2D eigenvalue weighted by Gasteiger charge is -2.22. The van der Waals surface area contributed by atoms with E-state index in [1.807, 2.05) is 24.3 Å². The van der Waals surface area contributed by atoms with E-state index < -0.39 is 0 Å². The maximum absolute atomic E-state index is 5.87. The summed E-state index contributed by atoms with van der Waals surface area (Å²) in [5, 5.41) is 1.79. The molecule has 0 radical (unpaired) electrons. The van der Waals surface area contributed by atoms with Crippen molar-refractivity contribution < 1.29 is 18.9 Å². The zero-order chi connectivity index (χ0) is 19.3. The van der Waals surface area contributed by atoms with Gasteiger partial charge in [0, 0.05) is 0 Å². The van der Waals surface area contributed by atoms with E-state index >= 15 is 0 Å². The molecular weight excluding hydrogens is 356 g/mol. The first-order chi connectivity index (χ1) is 13.8. The van der Waals surface area contributed by atoms with Crippen molar-refractivity contribution in [3.63, 3.8) is 0 Å². The summed E-state index contributed by atoms with van der Waals surface area (Å²) in [6.07, 6.45) is 7.13. The van der Waals surface area contributed by atoms with Crippen molar-refractivity contribution in [1.82, 2.24) is 0 Å². The fourth-order valence-corrected chi connectivity index (χ4v) is 3.33. The Bertz CT molecular complexity index is 845. The average Bonchev–Trinajstić information content (AvgIpc) is 2.72. The van der Waals surface area contributed by atoms with E-state index in [-0.39, 0.29) is 0 Å². The van der Waals surface area contributed by atoms with Gasteiger partial charge >= 0.3 is 12.2 Å². The summed E-state index contributed by atoms with van der Waals surface area (Å²) in [6.45, 7) is 5.54. The molecule has 0 bridgehead atoms. The highest BCUT2D eigenvalue weighted by Gasteiger charge is 2.25. The highest BCUT2D eigenvalue weighted by Crippen LogP contribution is 2.47. The Hall–Kier alpha value is -2.76. The molecule has 0 N–H and O–H groups in total. The van der Waals surface area contributed by atoms with Crippen molar-refractivity contribution in [2.24, 2.45) is 9.98 Å². The lowest BCUT2D eigenvalue weighted by Crippen LogP contribution is -2.18. The van der Waals surface area contributed by atoms with Gasteiger partial charge in [-0.05, 0) is 37.1 Å². The molecule has 0 spiro atoms. The maximum Gasteiger partial charge on any atom is 0.394 e. The van der Waals surface area contributed by atoms with Crippen molar-refractivity contribution >= 4 is 34.3 Å². The quantitative estimate of drug-likeness (QED) is 0.524. The van der Waals surface area contributed by atoms with Gasteiger partial charge < -0.3 is 18.9 Å². The Balaban J connectivity index is 1.57. The van der Waals surface area contributed by atoms with Gasteiger partial charge in [0.05, 0.1) is 35.4 Å². The van der Waals surface area contributed by atoms with Crippen molar-refractivity contribution in [1.29, 1.82) is 0 Å². The minimum atomic E-state index is 0.298. The monoisotopic (exact) mass is 382 g/mol. The van der Waals surface area contributed by atoms with Crippen LogP contribution in [0.15, 0.2) is 34.3 Å². The SMILES string of the molecule is CCCCCOC1=Nc2ccc3c4c(ccc(c24)O1)N=C(OCCCCC)O3. The molecule has 6 heteroatoms. The molecular formula is C22H26N2O4. The standard InChI is InChI=1S/C22H26N2O4/c1-3-5-7-13-25-21-23-15-9-12-18-20-16(10-11-17(27-21)19(15)20)24-22(28-18)26-14-8-6-4-2/h9-12H,3-8,13-14H2,1-2H3. The number of hydrogen-bond acceptors (Lipinski definition) is 6. The van der Waals surface area contributed by atoms with E-state index in [0.717, 1.165) is 60.7 Å². The highest BCUT2D eigenvalue weighted by molar-refractivity contribution is 6.12. The molecule has 6 nitrogen and oxygen atoms in total. The number of unbranched alkanes of at least 4 members (excludes halogenated alkanes) is 4. The molecule has 0 aliphatic carbocycles. The summed E-state index contributed by atoms with van der Waals surface area (Å²) in [5.41, 5.74) is 1.61. The molecule has 2 aromatic carbocycles. The van der Waals surface area contributed by atoms with Gasteiger partial charge in [0.15, 0.2) is 0 Å². The number of benzene rings is 2. The molecule has 0 saturated carbocycles. The summed E-state index contributed by atoms with van der Waals surface area (Å²) in [5.74, 6) is 1.42. The highest BCUT2D eigenvalue weighted by atomic mass is 16.7. The summed E-state index contributed by atoms with van der Waals surface area (Å²) >= 11 is 0. The van der Waals surface area contributed by atoms with Gasteiger partial charge in [-0.1, -0.05) is 39.5 Å². The summed E-state index contributed by atoms with van der Waals surface area (Å²) in [7, 11) is 0. The first kappa shape index (κ1) is 18.6. The normalized spacial score (nSPS) is 14.1. The summed E-state index contributed by atoms with van der Waals surface area (Å²) in [6, 6.07) is 7.64. The van der Waals surface area contributed by atoms with Crippen LogP contribution in [-0.4, -0.2) is 25.4 Å². The van der Waals surface area contributed by atoms with Crippen LogP contribution in [0.3, 0.4) is 0 Å². The van der Waals surface area contributed by atoms with Crippen LogP contribution in [0.25, 0.3) is 10.8 Å². The second-order valence-corrected chi connectivity index (χ2v) is 6.99. The molecule has 0 unspecified atom stereocenters. The topological polar surface area (TPSA) is 61.6 Å². The van der Waals surface area contributed by atoms with Gasteiger partial charge in [-0.25, -0.2) is 0 Å². The smallest absolute Gasteiger partial charge is 0.394 e. The lowest BCUT2D eigenvalue weighted by atomic mass is 10.0. The van der Waals surface area contributed by atoms with Crippen LogP contribution < -0.4 is 9.47 Å². The van der Waals surface area contributed by atoms with Gasteiger partial charge in [0.2, 0.25) is 0 Å². The molecule has 4 rings (SSSR count). The van der Waals surface area contributed by atoms with Gasteiger partial charge in [0.1, 0.15) is 11.5 Å². The van der Waals surface area contributed by atoms with Gasteiger partial charge in [0.25, 0.3) is 0 Å². The Morgan fingerprint density at radius 1 is 0.679 bits per heavy atom. The fraction of sp³-hybridized carbons (Fsp3) is 0.455. The van der Waals surface area contributed by atoms with Crippen LogP contribution in [0.1, 0.15) is 52.4 Å². The molecule has 0 aromatic heterocycles. The largest absolute Gasteiger partial charge is 0.450 e. The number of hydrogen-bond donors (Lipinski definition) is 0. The third-order valence-corrected chi connectivity index (χ3v) is 4.81. The molecule has 0 amide bonds. The average molecular weight is 382 g/mol. The molecule has 0 fully saturated rings. The van der Waals surface area contributed by atoms with Crippen LogP contribution in [0.4, 0.5) is 11.4 Å². The van der Waals surface area contributed by atoms with Crippen LogP contribution in [0.2, 0.25) is 0 Å². The maximum atomic E-state index is 5.87. The molecule has 0 saturated heterocycles. The minimum absolute atomic E-state index is 0.298. The molecule has 0 atom stereocenters. The minimum Gasteiger partial charge on any atom is -0.450 e. The zero-order valence-electron chi connectivity index (χ0n) is 16.5.